The van der Waals surface area contributed by atoms with E-state index in [0.29, 0.717) is 30.8 Å². The Morgan fingerprint density at radius 2 is 1.97 bits per heavy atom. The molecule has 35 heavy (non-hydrogen) atoms. The molecule has 0 aliphatic carbocycles. The first-order valence-corrected chi connectivity index (χ1v) is 11.6. The number of nitrogens with zero attached hydrogens (tertiary/aromatic N) is 3. The molecule has 0 unspecified atom stereocenters. The number of aryl methyl sites for hydroxylation is 1. The van der Waals surface area contributed by atoms with Gasteiger partial charge in [0.2, 0.25) is 0 Å². The number of likely N-dealkylation sites (tertiary alicyclic amines) is 1. The van der Waals surface area contributed by atoms with Gasteiger partial charge in [-0.15, -0.1) is 0 Å². The number of aliphatic hydroxyl groups excluding tert-OH is 1. The van der Waals surface area contributed by atoms with Gasteiger partial charge in [-0.05, 0) is 54.8 Å². The summed E-state index contributed by atoms with van der Waals surface area (Å²) in [6.45, 7) is 2.99. The molecule has 2 aliphatic heterocycles. The number of amides is 1. The fourth-order valence-electron chi connectivity index (χ4n) is 4.81. The molecule has 2 aromatic carbocycles. The van der Waals surface area contributed by atoms with Gasteiger partial charge < -0.3 is 24.0 Å². The summed E-state index contributed by atoms with van der Waals surface area (Å²) in [5, 5.41) is 11.3. The Hall–Kier alpha value is -4.07. The van der Waals surface area contributed by atoms with E-state index in [1.54, 1.807) is 48.8 Å². The lowest BCUT2D eigenvalue weighted by molar-refractivity contribution is -0.139. The number of hydrogen-bond acceptors (Lipinski definition) is 6. The quantitative estimate of drug-likeness (QED) is 0.319. The monoisotopic (exact) mass is 473 g/mol. The molecule has 8 heteroatoms. The van der Waals surface area contributed by atoms with Crippen LogP contribution in [0.15, 0.2) is 66.8 Å². The predicted octanol–water partition coefficient (Wildman–Crippen LogP) is 3.73. The molecule has 180 valence electrons. The van der Waals surface area contributed by atoms with E-state index in [2.05, 4.69) is 4.98 Å². The van der Waals surface area contributed by atoms with Crippen molar-refractivity contribution in [2.24, 2.45) is 0 Å². The molecule has 1 amide bonds. The minimum atomic E-state index is -0.702. The lowest BCUT2D eigenvalue weighted by Crippen LogP contribution is -2.31. The maximum absolute atomic E-state index is 13.2. The van der Waals surface area contributed by atoms with E-state index >= 15 is 0 Å². The van der Waals surface area contributed by atoms with E-state index in [9.17, 15) is 14.7 Å². The number of fused-ring (bicyclic) bond motifs is 1. The summed E-state index contributed by atoms with van der Waals surface area (Å²) in [6.07, 6.45) is 6.68. The Morgan fingerprint density at radius 1 is 1.17 bits per heavy atom. The van der Waals surface area contributed by atoms with Crippen LogP contribution in [0.4, 0.5) is 0 Å². The van der Waals surface area contributed by atoms with Crippen LogP contribution in [-0.2, 0) is 22.6 Å². The van der Waals surface area contributed by atoms with Gasteiger partial charge in [-0.1, -0.05) is 12.1 Å². The number of methoxy groups -OCH3 is 1. The lowest BCUT2D eigenvalue weighted by atomic mass is 9.94. The second-order valence-electron chi connectivity index (χ2n) is 8.87. The van der Waals surface area contributed by atoms with Crippen molar-refractivity contribution in [3.05, 3.63) is 83.4 Å². The molecule has 1 fully saturated rings. The molecule has 1 saturated heterocycles. The average Bonchev–Trinajstić information content (AvgIpc) is 3.57. The topological polar surface area (TPSA) is 93.9 Å². The predicted molar refractivity (Wildman–Crippen MR) is 129 cm³/mol. The lowest BCUT2D eigenvalue weighted by Gasteiger charge is -2.25. The maximum Gasteiger partial charge on any atom is 0.295 e. The van der Waals surface area contributed by atoms with Gasteiger partial charge in [-0.25, -0.2) is 4.98 Å². The molecular formula is C27H27N3O5. The maximum atomic E-state index is 13.2. The van der Waals surface area contributed by atoms with Crippen molar-refractivity contribution in [3.8, 4) is 11.5 Å². The van der Waals surface area contributed by atoms with Crippen molar-refractivity contribution in [2.75, 3.05) is 13.7 Å². The first-order valence-electron chi connectivity index (χ1n) is 11.6. The van der Waals surface area contributed by atoms with Gasteiger partial charge in [0.15, 0.2) is 0 Å². The Morgan fingerprint density at radius 3 is 2.69 bits per heavy atom. The first-order chi connectivity index (χ1) is 17.0. The van der Waals surface area contributed by atoms with Crippen LogP contribution in [-0.4, -0.2) is 51.0 Å². The zero-order chi connectivity index (χ0) is 24.5. The third-order valence-corrected chi connectivity index (χ3v) is 6.52. The fourth-order valence-corrected chi connectivity index (χ4v) is 4.81. The Balaban J connectivity index is 1.53. The molecule has 1 aromatic heterocycles. The first kappa shape index (κ1) is 22.7. The van der Waals surface area contributed by atoms with Crippen molar-refractivity contribution in [2.45, 2.75) is 38.5 Å². The summed E-state index contributed by atoms with van der Waals surface area (Å²) in [7, 11) is 1.58. The van der Waals surface area contributed by atoms with Crippen molar-refractivity contribution < 1.29 is 24.2 Å². The Bertz CT molecular complexity index is 1280. The molecule has 8 nitrogen and oxygen atoms in total. The summed E-state index contributed by atoms with van der Waals surface area (Å²) < 4.78 is 13.0. The molecule has 3 aromatic rings. The van der Waals surface area contributed by atoms with Gasteiger partial charge in [0.1, 0.15) is 23.4 Å². The summed E-state index contributed by atoms with van der Waals surface area (Å²) in [5.41, 5.74) is 2.29. The number of benzene rings is 2. The number of hydrogen-bond donors (Lipinski definition) is 1. The van der Waals surface area contributed by atoms with Crippen LogP contribution in [0.25, 0.3) is 5.76 Å². The normalized spacial score (nSPS) is 20.7. The largest absolute Gasteiger partial charge is 0.507 e. The highest BCUT2D eigenvalue weighted by Gasteiger charge is 2.45. The van der Waals surface area contributed by atoms with Gasteiger partial charge in [0.05, 0.1) is 25.1 Å². The SMILES string of the molecule is COc1ccc([C@H]2/C(=C(\O)c3ccc4c(c3)C[C@@H](C)O4)C(=O)C(=O)N2CCCn2ccnc2)cc1. The van der Waals surface area contributed by atoms with Gasteiger partial charge in [0.25, 0.3) is 11.7 Å². The molecular weight excluding hydrogens is 446 g/mol. The summed E-state index contributed by atoms with van der Waals surface area (Å²) >= 11 is 0. The van der Waals surface area contributed by atoms with E-state index in [-0.39, 0.29) is 17.4 Å². The van der Waals surface area contributed by atoms with E-state index in [1.165, 1.54) is 0 Å². The fraction of sp³-hybridized carbons (Fsp3) is 0.296. The molecule has 0 saturated carbocycles. The minimum absolute atomic E-state index is 0.0581. The second-order valence-corrected chi connectivity index (χ2v) is 8.87. The zero-order valence-corrected chi connectivity index (χ0v) is 19.7. The zero-order valence-electron chi connectivity index (χ0n) is 19.7. The number of aromatic nitrogens is 2. The third kappa shape index (κ3) is 4.27. The summed E-state index contributed by atoms with van der Waals surface area (Å²) in [5.74, 6) is -0.0323. The average molecular weight is 474 g/mol. The van der Waals surface area contributed by atoms with Gasteiger partial charge in [-0.2, -0.15) is 0 Å². The van der Waals surface area contributed by atoms with E-state index in [1.807, 2.05) is 35.9 Å². The van der Waals surface area contributed by atoms with Gasteiger partial charge in [0, 0.05) is 37.5 Å². The van der Waals surface area contributed by atoms with E-state index < -0.39 is 17.7 Å². The van der Waals surface area contributed by atoms with E-state index in [0.717, 1.165) is 23.3 Å². The molecule has 0 bridgehead atoms. The number of ketones is 1. The molecule has 2 atom stereocenters. The second kappa shape index (κ2) is 9.29. The van der Waals surface area contributed by atoms with Crippen LogP contribution in [0.3, 0.4) is 0 Å². The van der Waals surface area contributed by atoms with Crippen molar-refractivity contribution in [1.82, 2.24) is 14.5 Å². The molecule has 1 N–H and O–H groups in total. The smallest absolute Gasteiger partial charge is 0.295 e. The Labute approximate surface area is 203 Å². The summed E-state index contributed by atoms with van der Waals surface area (Å²) in [6, 6.07) is 11.9. The van der Waals surface area contributed by atoms with Crippen LogP contribution in [0.5, 0.6) is 11.5 Å². The van der Waals surface area contributed by atoms with Crippen molar-refractivity contribution in [1.29, 1.82) is 0 Å². The molecule has 3 heterocycles. The Kier molecular flexibility index (Phi) is 6.03. The minimum Gasteiger partial charge on any atom is -0.507 e. The van der Waals surface area contributed by atoms with Gasteiger partial charge in [-0.3, -0.25) is 9.59 Å². The van der Waals surface area contributed by atoms with Crippen LogP contribution in [0.2, 0.25) is 0 Å². The van der Waals surface area contributed by atoms with Crippen LogP contribution < -0.4 is 9.47 Å². The van der Waals surface area contributed by atoms with Crippen LogP contribution in [0.1, 0.15) is 36.1 Å². The third-order valence-electron chi connectivity index (χ3n) is 6.52. The van der Waals surface area contributed by atoms with Crippen LogP contribution >= 0.6 is 0 Å². The number of aliphatic hydroxyl groups is 1. The standard InChI is InChI=1S/C27H27N3O5/c1-17-14-20-15-19(6-9-22(20)35-17)25(31)23-24(18-4-7-21(34-2)8-5-18)30(27(33)26(23)32)12-3-11-29-13-10-28-16-29/h4-10,13,15-17,24,31H,3,11-12,14H2,1-2H3/b25-23+/t17-,24+/m1/s1. The number of imidazole rings is 1. The van der Waals surface area contributed by atoms with E-state index in [4.69, 9.17) is 9.47 Å². The number of ether oxygens (including phenoxy) is 2. The number of Topliss-reactive ketones (excluding diaryl/α,β-unsaturated/α-hetero) is 1. The van der Waals surface area contributed by atoms with Gasteiger partial charge >= 0.3 is 0 Å². The highest BCUT2D eigenvalue weighted by atomic mass is 16.5. The molecule has 5 rings (SSSR count). The number of rotatable bonds is 7. The highest BCUT2D eigenvalue weighted by molar-refractivity contribution is 6.46. The van der Waals surface area contributed by atoms with Crippen molar-refractivity contribution >= 4 is 17.4 Å². The molecule has 0 spiro atoms. The molecule has 0 radical (unpaired) electrons. The molecule has 2 aliphatic rings. The number of carbonyl (C=O) groups is 2. The summed E-state index contributed by atoms with van der Waals surface area (Å²) in [4.78, 5) is 32.0. The van der Waals surface area contributed by atoms with Crippen molar-refractivity contribution in [3.63, 3.8) is 0 Å². The number of carbonyl (C=O) groups excluding carboxylic acids is 2. The van der Waals surface area contributed by atoms with Crippen LogP contribution in [0, 0.1) is 0 Å². The highest BCUT2D eigenvalue weighted by Crippen LogP contribution is 2.41.